The molecular weight excluding hydrogens is 935 g/mol. The summed E-state index contributed by atoms with van der Waals surface area (Å²) in [5.74, 6) is -0.0230. The number of hydrogen-bond donors (Lipinski definition) is 3. The zero-order chi connectivity index (χ0) is 55.0. The first-order valence-electron chi connectivity index (χ1n) is 34.6. The zero-order valence-corrected chi connectivity index (χ0v) is 51.5. The molecule has 0 saturated carbocycles. The fourth-order valence-corrected chi connectivity index (χ4v) is 10.9. The largest absolute Gasteiger partial charge is 0.466 e. The molecule has 0 aromatic heterocycles. The monoisotopic (exact) mass is 1070 g/mol. The summed E-state index contributed by atoms with van der Waals surface area (Å²) in [7, 11) is 0. The standard InChI is InChI=1S/C70H135NO5/c1-3-5-7-9-11-13-15-17-18-32-35-39-42-46-50-54-58-62-68(73)67(66-72)71-69(74)63-59-55-51-47-43-40-36-33-30-28-26-24-22-20-19-21-23-25-27-29-31-34-37-41-45-49-53-57-61-65-76-70(75)64-60-56-52-48-44-38-16-14-12-10-8-6-4-2/h14,16,19,21,67-68,72-73H,3-13,15,17-18,20,22-66H2,1-2H3,(H,71,74)/b16-14-,21-19-. The normalized spacial score (nSPS) is 12.6. The van der Waals surface area contributed by atoms with E-state index in [0.29, 0.717) is 25.9 Å². The van der Waals surface area contributed by atoms with Crippen molar-refractivity contribution in [3.05, 3.63) is 24.3 Å². The van der Waals surface area contributed by atoms with Crippen LogP contribution in [0.15, 0.2) is 24.3 Å². The third kappa shape index (κ3) is 61.6. The van der Waals surface area contributed by atoms with Crippen LogP contribution in [0.3, 0.4) is 0 Å². The van der Waals surface area contributed by atoms with Crippen molar-refractivity contribution in [3.63, 3.8) is 0 Å². The number of allylic oxidation sites excluding steroid dienone is 4. The molecule has 76 heavy (non-hydrogen) atoms. The number of carbonyl (C=O) groups is 2. The Labute approximate surface area is 475 Å². The van der Waals surface area contributed by atoms with E-state index in [4.69, 9.17) is 4.74 Å². The van der Waals surface area contributed by atoms with E-state index >= 15 is 0 Å². The number of aliphatic hydroxyl groups is 2. The van der Waals surface area contributed by atoms with Crippen LogP contribution in [0, 0.1) is 0 Å². The lowest BCUT2D eigenvalue weighted by atomic mass is 10.0. The second-order valence-electron chi connectivity index (χ2n) is 23.9. The van der Waals surface area contributed by atoms with Crippen molar-refractivity contribution in [2.45, 2.75) is 398 Å². The zero-order valence-electron chi connectivity index (χ0n) is 51.5. The maximum Gasteiger partial charge on any atom is 0.305 e. The van der Waals surface area contributed by atoms with E-state index in [9.17, 15) is 19.8 Å². The molecule has 6 nitrogen and oxygen atoms in total. The molecule has 0 aliphatic rings. The van der Waals surface area contributed by atoms with Crippen molar-refractivity contribution in [2.24, 2.45) is 0 Å². The van der Waals surface area contributed by atoms with Crippen LogP contribution in [0.2, 0.25) is 0 Å². The van der Waals surface area contributed by atoms with E-state index in [0.717, 1.165) is 44.9 Å². The maximum atomic E-state index is 12.5. The molecular formula is C70H135NO5. The van der Waals surface area contributed by atoms with Gasteiger partial charge in [-0.15, -0.1) is 0 Å². The van der Waals surface area contributed by atoms with Crippen molar-refractivity contribution < 1.29 is 24.5 Å². The van der Waals surface area contributed by atoms with Gasteiger partial charge in [-0.1, -0.05) is 321 Å². The average molecular weight is 1070 g/mol. The molecule has 0 radical (unpaired) electrons. The molecule has 0 bridgehead atoms. The van der Waals surface area contributed by atoms with E-state index in [1.54, 1.807) is 0 Å². The number of unbranched alkanes of at least 4 members (excludes halogenated alkanes) is 50. The van der Waals surface area contributed by atoms with Gasteiger partial charge < -0.3 is 20.3 Å². The molecule has 0 aliphatic carbocycles. The van der Waals surface area contributed by atoms with E-state index in [-0.39, 0.29) is 18.5 Å². The average Bonchev–Trinajstić information content (AvgIpc) is 3.42. The Hall–Kier alpha value is -1.66. The Morgan fingerprint density at radius 1 is 0.355 bits per heavy atom. The van der Waals surface area contributed by atoms with Crippen LogP contribution in [0.1, 0.15) is 386 Å². The number of ether oxygens (including phenoxy) is 1. The van der Waals surface area contributed by atoms with Crippen molar-refractivity contribution in [1.82, 2.24) is 5.32 Å². The summed E-state index contributed by atoms with van der Waals surface area (Å²) in [6.07, 6.45) is 82.2. The molecule has 3 N–H and O–H groups in total. The Morgan fingerprint density at radius 2 is 0.618 bits per heavy atom. The molecule has 1 amide bonds. The summed E-state index contributed by atoms with van der Waals surface area (Å²) in [5, 5.41) is 23.4. The highest BCUT2D eigenvalue weighted by Gasteiger charge is 2.20. The summed E-state index contributed by atoms with van der Waals surface area (Å²) in [6, 6.07) is -0.541. The molecule has 0 aromatic rings. The molecule has 6 heteroatoms. The smallest absolute Gasteiger partial charge is 0.305 e. The Kier molecular flexibility index (Phi) is 64.4. The minimum Gasteiger partial charge on any atom is -0.466 e. The summed E-state index contributed by atoms with van der Waals surface area (Å²) < 4.78 is 5.48. The summed E-state index contributed by atoms with van der Waals surface area (Å²) in [4.78, 5) is 24.6. The molecule has 0 aromatic carbocycles. The Morgan fingerprint density at radius 3 is 0.947 bits per heavy atom. The van der Waals surface area contributed by atoms with E-state index < -0.39 is 12.1 Å². The number of amides is 1. The molecule has 0 aliphatic heterocycles. The van der Waals surface area contributed by atoms with E-state index in [1.807, 2.05) is 0 Å². The van der Waals surface area contributed by atoms with E-state index in [1.165, 1.54) is 308 Å². The molecule has 450 valence electrons. The third-order valence-corrected chi connectivity index (χ3v) is 16.2. The van der Waals surface area contributed by atoms with Crippen LogP contribution in [-0.4, -0.2) is 47.4 Å². The van der Waals surface area contributed by atoms with Gasteiger partial charge in [0.1, 0.15) is 0 Å². The third-order valence-electron chi connectivity index (χ3n) is 16.2. The first-order valence-corrected chi connectivity index (χ1v) is 34.6. The Bertz CT molecular complexity index is 1190. The highest BCUT2D eigenvalue weighted by Crippen LogP contribution is 2.18. The predicted molar refractivity (Wildman–Crippen MR) is 333 cm³/mol. The van der Waals surface area contributed by atoms with Gasteiger partial charge in [0.25, 0.3) is 0 Å². The fraction of sp³-hybridized carbons (Fsp3) is 0.914. The number of rotatable bonds is 65. The van der Waals surface area contributed by atoms with Crippen molar-refractivity contribution in [3.8, 4) is 0 Å². The van der Waals surface area contributed by atoms with Crippen molar-refractivity contribution in [1.29, 1.82) is 0 Å². The van der Waals surface area contributed by atoms with Gasteiger partial charge in [-0.05, 0) is 77.0 Å². The van der Waals surface area contributed by atoms with Crippen molar-refractivity contribution >= 4 is 11.9 Å². The van der Waals surface area contributed by atoms with Gasteiger partial charge in [0.2, 0.25) is 5.91 Å². The van der Waals surface area contributed by atoms with Crippen molar-refractivity contribution in [2.75, 3.05) is 13.2 Å². The SMILES string of the molecule is CCCCCC/C=C\CCCCCCCC(=O)OCCCCCCCCCCCCCC/C=C\CCCCCCCCCCCCCCCC(=O)NC(CO)C(O)CCCCCCCCCCCCCCCCCCC. The fourth-order valence-electron chi connectivity index (χ4n) is 10.9. The lowest BCUT2D eigenvalue weighted by Crippen LogP contribution is -2.45. The lowest BCUT2D eigenvalue weighted by Gasteiger charge is -2.22. The quantitative estimate of drug-likeness (QED) is 0.0320. The minimum absolute atomic E-state index is 0.00776. The van der Waals surface area contributed by atoms with Crippen LogP contribution < -0.4 is 5.32 Å². The number of nitrogens with one attached hydrogen (secondary N) is 1. The van der Waals surface area contributed by atoms with Crippen LogP contribution >= 0.6 is 0 Å². The van der Waals surface area contributed by atoms with Crippen LogP contribution in [0.5, 0.6) is 0 Å². The second kappa shape index (κ2) is 65.9. The van der Waals surface area contributed by atoms with Gasteiger partial charge in [-0.25, -0.2) is 0 Å². The number of esters is 1. The van der Waals surface area contributed by atoms with Gasteiger partial charge in [-0.3, -0.25) is 9.59 Å². The predicted octanol–water partition coefficient (Wildman–Crippen LogP) is 22.1. The molecule has 0 fully saturated rings. The van der Waals surface area contributed by atoms with Gasteiger partial charge in [0.05, 0.1) is 25.4 Å². The van der Waals surface area contributed by atoms with Crippen LogP contribution in [0.4, 0.5) is 0 Å². The number of hydrogen-bond acceptors (Lipinski definition) is 5. The van der Waals surface area contributed by atoms with Gasteiger partial charge in [-0.2, -0.15) is 0 Å². The highest BCUT2D eigenvalue weighted by atomic mass is 16.5. The van der Waals surface area contributed by atoms with Gasteiger partial charge in [0, 0.05) is 12.8 Å². The summed E-state index contributed by atoms with van der Waals surface area (Å²) >= 11 is 0. The Balaban J connectivity index is 3.37. The van der Waals surface area contributed by atoms with Gasteiger partial charge in [0.15, 0.2) is 0 Å². The molecule has 0 heterocycles. The summed E-state index contributed by atoms with van der Waals surface area (Å²) in [5.41, 5.74) is 0. The topological polar surface area (TPSA) is 95.9 Å². The number of aliphatic hydroxyl groups excluding tert-OH is 2. The van der Waals surface area contributed by atoms with Crippen LogP contribution in [0.25, 0.3) is 0 Å². The molecule has 0 spiro atoms. The first kappa shape index (κ1) is 74.3. The van der Waals surface area contributed by atoms with Crippen LogP contribution in [-0.2, 0) is 14.3 Å². The second-order valence-corrected chi connectivity index (χ2v) is 23.9. The molecule has 0 rings (SSSR count). The minimum atomic E-state index is -0.664. The highest BCUT2D eigenvalue weighted by molar-refractivity contribution is 5.76. The molecule has 2 unspecified atom stereocenters. The van der Waals surface area contributed by atoms with Gasteiger partial charge >= 0.3 is 5.97 Å². The first-order chi connectivity index (χ1) is 37.5. The number of carbonyl (C=O) groups excluding carboxylic acids is 2. The molecule has 2 atom stereocenters. The van der Waals surface area contributed by atoms with E-state index in [2.05, 4.69) is 43.5 Å². The maximum absolute atomic E-state index is 12.5. The molecule has 0 saturated heterocycles. The summed E-state index contributed by atoms with van der Waals surface area (Å²) in [6.45, 7) is 4.97. The lowest BCUT2D eigenvalue weighted by molar-refractivity contribution is -0.143.